The number of carbonyl (C=O) groups is 1. The molecule has 4 heteroatoms. The summed E-state index contributed by atoms with van der Waals surface area (Å²) in [5.41, 5.74) is 2.36. The van der Waals surface area contributed by atoms with E-state index in [1.165, 1.54) is 5.56 Å². The first-order valence-corrected chi connectivity index (χ1v) is 8.61. The van der Waals surface area contributed by atoms with Gasteiger partial charge in [0, 0.05) is 17.4 Å². The number of halogens is 1. The highest BCUT2D eigenvalue weighted by atomic mass is 79.9. The first-order chi connectivity index (χ1) is 11.2. The Kier molecular flexibility index (Phi) is 7.14. The molecule has 122 valence electrons. The molecule has 0 aromatic heterocycles. The van der Waals surface area contributed by atoms with Gasteiger partial charge in [-0.1, -0.05) is 40.2 Å². The fourth-order valence-electron chi connectivity index (χ4n) is 2.34. The standard InChI is InChI=1S/C19H22BrNO2/c1-23-18-7-4-6-16(13-18)14-21-19(22)8-3-2-5-15-9-11-17(20)12-10-15/h4,6-7,9-13H,2-3,5,8,14H2,1H3,(H,21,22). The fraction of sp³-hybridized carbons (Fsp3) is 0.316. The van der Waals surface area contributed by atoms with Crippen LogP contribution in [0.1, 0.15) is 30.4 Å². The second kappa shape index (κ2) is 9.36. The molecule has 0 aliphatic carbocycles. The third kappa shape index (κ3) is 6.45. The van der Waals surface area contributed by atoms with E-state index in [1.807, 2.05) is 24.3 Å². The van der Waals surface area contributed by atoms with Gasteiger partial charge in [0.25, 0.3) is 0 Å². The van der Waals surface area contributed by atoms with Crippen LogP contribution < -0.4 is 10.1 Å². The van der Waals surface area contributed by atoms with Gasteiger partial charge in [-0.2, -0.15) is 0 Å². The van der Waals surface area contributed by atoms with E-state index in [-0.39, 0.29) is 5.91 Å². The van der Waals surface area contributed by atoms with Crippen molar-refractivity contribution in [1.29, 1.82) is 0 Å². The summed E-state index contributed by atoms with van der Waals surface area (Å²) in [5.74, 6) is 0.912. The molecule has 1 N–H and O–H groups in total. The van der Waals surface area contributed by atoms with Crippen molar-refractivity contribution < 1.29 is 9.53 Å². The van der Waals surface area contributed by atoms with Gasteiger partial charge in [0.2, 0.25) is 5.91 Å². The molecule has 2 aromatic rings. The average Bonchev–Trinajstić information content (AvgIpc) is 2.58. The van der Waals surface area contributed by atoms with E-state index >= 15 is 0 Å². The Balaban J connectivity index is 1.64. The third-order valence-corrected chi connectivity index (χ3v) is 4.19. The number of hydrogen-bond acceptors (Lipinski definition) is 2. The molecule has 3 nitrogen and oxygen atoms in total. The third-order valence-electron chi connectivity index (χ3n) is 3.66. The van der Waals surface area contributed by atoms with Crippen LogP contribution in [-0.2, 0) is 17.8 Å². The Morgan fingerprint density at radius 1 is 1.09 bits per heavy atom. The highest BCUT2D eigenvalue weighted by Gasteiger charge is 2.02. The lowest BCUT2D eigenvalue weighted by atomic mass is 10.1. The van der Waals surface area contributed by atoms with Crippen LogP contribution in [-0.4, -0.2) is 13.0 Å². The minimum Gasteiger partial charge on any atom is -0.497 e. The first kappa shape index (κ1) is 17.5. The number of hydrogen-bond donors (Lipinski definition) is 1. The molecule has 0 aliphatic rings. The zero-order chi connectivity index (χ0) is 16.5. The molecule has 0 fully saturated rings. The van der Waals surface area contributed by atoms with E-state index in [0.717, 1.165) is 35.0 Å². The molecule has 0 atom stereocenters. The Morgan fingerprint density at radius 2 is 1.87 bits per heavy atom. The molecule has 0 saturated heterocycles. The predicted octanol–water partition coefficient (Wildman–Crippen LogP) is 4.49. The number of amides is 1. The minimum atomic E-state index is 0.101. The number of ether oxygens (including phenoxy) is 1. The van der Waals surface area contributed by atoms with Gasteiger partial charge in [-0.3, -0.25) is 4.79 Å². The number of methoxy groups -OCH3 is 1. The van der Waals surface area contributed by atoms with Crippen molar-refractivity contribution in [2.24, 2.45) is 0 Å². The van der Waals surface area contributed by atoms with E-state index in [1.54, 1.807) is 7.11 Å². The molecule has 2 rings (SSSR count). The van der Waals surface area contributed by atoms with Crippen molar-refractivity contribution >= 4 is 21.8 Å². The number of rotatable bonds is 8. The SMILES string of the molecule is COc1cccc(CNC(=O)CCCCc2ccc(Br)cc2)c1. The maximum absolute atomic E-state index is 11.9. The zero-order valence-electron chi connectivity index (χ0n) is 13.3. The lowest BCUT2D eigenvalue weighted by molar-refractivity contribution is -0.121. The van der Waals surface area contributed by atoms with E-state index < -0.39 is 0 Å². The summed E-state index contributed by atoms with van der Waals surface area (Å²) < 4.78 is 6.27. The maximum atomic E-state index is 11.9. The summed E-state index contributed by atoms with van der Waals surface area (Å²) in [6.45, 7) is 0.544. The van der Waals surface area contributed by atoms with E-state index in [4.69, 9.17) is 4.74 Å². The summed E-state index contributed by atoms with van der Waals surface area (Å²) in [5, 5.41) is 2.96. The highest BCUT2D eigenvalue weighted by Crippen LogP contribution is 2.14. The summed E-state index contributed by atoms with van der Waals surface area (Å²) in [6, 6.07) is 16.1. The molecule has 0 spiro atoms. The summed E-state index contributed by atoms with van der Waals surface area (Å²) in [6.07, 6.45) is 3.51. The first-order valence-electron chi connectivity index (χ1n) is 7.81. The van der Waals surface area contributed by atoms with Gasteiger partial charge in [-0.05, 0) is 54.7 Å². The van der Waals surface area contributed by atoms with Gasteiger partial charge in [-0.15, -0.1) is 0 Å². The lowest BCUT2D eigenvalue weighted by Gasteiger charge is -2.07. The van der Waals surface area contributed by atoms with E-state index in [2.05, 4.69) is 45.5 Å². The number of benzene rings is 2. The van der Waals surface area contributed by atoms with Crippen molar-refractivity contribution in [3.05, 3.63) is 64.1 Å². The largest absolute Gasteiger partial charge is 0.497 e. The van der Waals surface area contributed by atoms with Crippen molar-refractivity contribution in [1.82, 2.24) is 5.32 Å². The van der Waals surface area contributed by atoms with Crippen LogP contribution in [0.5, 0.6) is 5.75 Å². The van der Waals surface area contributed by atoms with E-state index in [9.17, 15) is 4.79 Å². The number of nitrogens with one attached hydrogen (secondary N) is 1. The molecule has 0 unspecified atom stereocenters. The monoisotopic (exact) mass is 375 g/mol. The summed E-state index contributed by atoms with van der Waals surface area (Å²) in [4.78, 5) is 11.9. The van der Waals surface area contributed by atoms with Crippen LogP contribution in [0.25, 0.3) is 0 Å². The Labute approximate surface area is 146 Å². The second-order valence-corrected chi connectivity index (χ2v) is 6.38. The van der Waals surface area contributed by atoms with Gasteiger partial charge >= 0.3 is 0 Å². The Bertz CT molecular complexity index is 626. The summed E-state index contributed by atoms with van der Waals surface area (Å²) >= 11 is 3.43. The van der Waals surface area contributed by atoms with Crippen LogP contribution in [0.4, 0.5) is 0 Å². The van der Waals surface area contributed by atoms with Gasteiger partial charge in [0.15, 0.2) is 0 Å². The molecule has 0 radical (unpaired) electrons. The summed E-state index contributed by atoms with van der Waals surface area (Å²) in [7, 11) is 1.64. The average molecular weight is 376 g/mol. The molecule has 0 saturated carbocycles. The number of unbranched alkanes of at least 4 members (excludes halogenated alkanes) is 1. The molecule has 0 aliphatic heterocycles. The van der Waals surface area contributed by atoms with Crippen molar-refractivity contribution in [2.45, 2.75) is 32.2 Å². The molecule has 0 bridgehead atoms. The van der Waals surface area contributed by atoms with Crippen molar-refractivity contribution in [3.63, 3.8) is 0 Å². The van der Waals surface area contributed by atoms with Crippen LogP contribution in [0.3, 0.4) is 0 Å². The Hall–Kier alpha value is -1.81. The van der Waals surface area contributed by atoms with Crippen LogP contribution in [0, 0.1) is 0 Å². The Morgan fingerprint density at radius 3 is 2.61 bits per heavy atom. The molecule has 0 heterocycles. The van der Waals surface area contributed by atoms with Gasteiger partial charge in [0.1, 0.15) is 5.75 Å². The number of carbonyl (C=O) groups excluding carboxylic acids is 1. The van der Waals surface area contributed by atoms with E-state index in [0.29, 0.717) is 13.0 Å². The molecular weight excluding hydrogens is 354 g/mol. The molecular formula is C19H22BrNO2. The quantitative estimate of drug-likeness (QED) is 0.690. The van der Waals surface area contributed by atoms with Crippen molar-refractivity contribution in [3.8, 4) is 5.75 Å². The predicted molar refractivity (Wildman–Crippen MR) is 96.5 cm³/mol. The molecule has 2 aromatic carbocycles. The van der Waals surface area contributed by atoms with Crippen molar-refractivity contribution in [2.75, 3.05) is 7.11 Å². The van der Waals surface area contributed by atoms with Crippen LogP contribution in [0.15, 0.2) is 53.0 Å². The normalized spacial score (nSPS) is 10.3. The fourth-order valence-corrected chi connectivity index (χ4v) is 2.60. The van der Waals surface area contributed by atoms with Gasteiger partial charge in [-0.25, -0.2) is 0 Å². The topological polar surface area (TPSA) is 38.3 Å². The molecule has 23 heavy (non-hydrogen) atoms. The smallest absolute Gasteiger partial charge is 0.220 e. The van der Waals surface area contributed by atoms with Crippen LogP contribution >= 0.6 is 15.9 Å². The number of aryl methyl sites for hydroxylation is 1. The maximum Gasteiger partial charge on any atom is 0.220 e. The highest BCUT2D eigenvalue weighted by molar-refractivity contribution is 9.10. The van der Waals surface area contributed by atoms with Crippen LogP contribution in [0.2, 0.25) is 0 Å². The van der Waals surface area contributed by atoms with Gasteiger partial charge < -0.3 is 10.1 Å². The zero-order valence-corrected chi connectivity index (χ0v) is 14.9. The molecule has 1 amide bonds. The second-order valence-electron chi connectivity index (χ2n) is 5.46. The minimum absolute atomic E-state index is 0.101. The lowest BCUT2D eigenvalue weighted by Crippen LogP contribution is -2.22. The van der Waals surface area contributed by atoms with Gasteiger partial charge in [0.05, 0.1) is 7.11 Å².